The Morgan fingerprint density at radius 3 is 3.05 bits per heavy atom. The highest BCUT2D eigenvalue weighted by molar-refractivity contribution is 6.04. The van der Waals surface area contributed by atoms with Crippen LogP contribution in [-0.2, 0) is 12.8 Å². The van der Waals surface area contributed by atoms with E-state index in [2.05, 4.69) is 17.4 Å². The predicted molar refractivity (Wildman–Crippen MR) is 83.4 cm³/mol. The number of aromatic nitrogens is 1. The Hall–Kier alpha value is -2.30. The molecule has 0 bridgehead atoms. The molecule has 22 heavy (non-hydrogen) atoms. The lowest BCUT2D eigenvalue weighted by molar-refractivity contribution is 0.101. The highest BCUT2D eigenvalue weighted by atomic mass is 16.5. The van der Waals surface area contributed by atoms with E-state index in [9.17, 15) is 4.79 Å². The van der Waals surface area contributed by atoms with E-state index in [0.29, 0.717) is 23.0 Å². The monoisotopic (exact) mass is 300 g/mol. The minimum Gasteiger partial charge on any atom is -0.495 e. The molecule has 5 heteroatoms. The Morgan fingerprint density at radius 2 is 2.27 bits per heavy atom. The second-order valence-electron chi connectivity index (χ2n) is 5.94. The number of fused-ring (bicyclic) bond motifs is 1. The summed E-state index contributed by atoms with van der Waals surface area (Å²) in [6, 6.07) is 5.66. The van der Waals surface area contributed by atoms with Gasteiger partial charge in [-0.15, -0.1) is 0 Å². The summed E-state index contributed by atoms with van der Waals surface area (Å²) in [6.07, 6.45) is 2.77. The molecule has 1 amide bonds. The number of carbonyl (C=O) groups excluding carboxylic acids is 1. The van der Waals surface area contributed by atoms with Gasteiger partial charge in [-0.3, -0.25) is 4.79 Å². The zero-order valence-corrected chi connectivity index (χ0v) is 13.1. The Labute approximate surface area is 129 Å². The number of methoxy groups -OCH3 is 1. The molecule has 0 saturated carbocycles. The molecule has 116 valence electrons. The van der Waals surface area contributed by atoms with Crippen LogP contribution in [0.3, 0.4) is 0 Å². The van der Waals surface area contributed by atoms with Gasteiger partial charge in [-0.05, 0) is 43.4 Å². The van der Waals surface area contributed by atoms with Crippen molar-refractivity contribution < 1.29 is 14.1 Å². The summed E-state index contributed by atoms with van der Waals surface area (Å²) in [4.78, 5) is 12.5. The quantitative estimate of drug-likeness (QED) is 0.944. The van der Waals surface area contributed by atoms with Gasteiger partial charge in [-0.1, -0.05) is 18.1 Å². The van der Waals surface area contributed by atoms with Gasteiger partial charge < -0.3 is 14.6 Å². The molecule has 0 spiro atoms. The van der Waals surface area contributed by atoms with Crippen LogP contribution >= 0.6 is 0 Å². The van der Waals surface area contributed by atoms with Gasteiger partial charge in [-0.2, -0.15) is 0 Å². The van der Waals surface area contributed by atoms with Crippen molar-refractivity contribution in [1.29, 1.82) is 0 Å². The molecular formula is C17H20N2O3. The van der Waals surface area contributed by atoms with Gasteiger partial charge in [0.15, 0.2) is 5.69 Å². The second kappa shape index (κ2) is 5.83. The molecule has 0 radical (unpaired) electrons. The van der Waals surface area contributed by atoms with E-state index < -0.39 is 0 Å². The molecule has 0 saturated heterocycles. The number of aryl methyl sites for hydroxylation is 2. The fraction of sp³-hybridized carbons (Fsp3) is 0.412. The number of carbonyl (C=O) groups is 1. The largest absolute Gasteiger partial charge is 0.495 e. The van der Waals surface area contributed by atoms with Gasteiger partial charge >= 0.3 is 0 Å². The van der Waals surface area contributed by atoms with Crippen LogP contribution in [0.2, 0.25) is 0 Å². The number of nitrogens with zero attached hydrogens (tertiary/aromatic N) is 1. The molecule has 1 heterocycles. The van der Waals surface area contributed by atoms with Crippen LogP contribution in [0, 0.1) is 12.8 Å². The molecule has 3 rings (SSSR count). The highest BCUT2D eigenvalue weighted by Crippen LogP contribution is 2.30. The Bertz CT molecular complexity index is 706. The minimum absolute atomic E-state index is 0.247. The fourth-order valence-corrected chi connectivity index (χ4v) is 2.86. The first kappa shape index (κ1) is 14.6. The van der Waals surface area contributed by atoms with Gasteiger partial charge in [0, 0.05) is 12.0 Å². The van der Waals surface area contributed by atoms with E-state index in [1.165, 1.54) is 0 Å². The van der Waals surface area contributed by atoms with Crippen LogP contribution in [-0.4, -0.2) is 18.2 Å². The summed E-state index contributed by atoms with van der Waals surface area (Å²) in [5.74, 6) is 1.78. The van der Waals surface area contributed by atoms with Gasteiger partial charge in [0.2, 0.25) is 0 Å². The van der Waals surface area contributed by atoms with Gasteiger partial charge in [0.05, 0.1) is 12.8 Å². The number of anilines is 1. The van der Waals surface area contributed by atoms with Crippen LogP contribution < -0.4 is 10.1 Å². The SMILES string of the molecule is COc1ccc(C)cc1NC(=O)c1noc2c1C[C@@H](C)CC2. The number of hydrogen-bond donors (Lipinski definition) is 1. The maximum atomic E-state index is 12.5. The molecule has 0 aliphatic heterocycles. The zero-order valence-electron chi connectivity index (χ0n) is 13.1. The summed E-state index contributed by atoms with van der Waals surface area (Å²) < 4.78 is 10.6. The Morgan fingerprint density at radius 1 is 1.45 bits per heavy atom. The Balaban J connectivity index is 1.87. The smallest absolute Gasteiger partial charge is 0.278 e. The molecule has 2 aromatic rings. The maximum absolute atomic E-state index is 12.5. The van der Waals surface area contributed by atoms with Crippen molar-refractivity contribution in [3.63, 3.8) is 0 Å². The molecule has 0 fully saturated rings. The zero-order chi connectivity index (χ0) is 15.7. The first-order valence-corrected chi connectivity index (χ1v) is 7.52. The van der Waals surface area contributed by atoms with Crippen LogP contribution in [0.4, 0.5) is 5.69 Å². The van der Waals surface area contributed by atoms with Crippen molar-refractivity contribution in [3.8, 4) is 5.75 Å². The third-order valence-corrected chi connectivity index (χ3v) is 4.10. The topological polar surface area (TPSA) is 64.4 Å². The molecule has 1 N–H and O–H groups in total. The van der Waals surface area contributed by atoms with Crippen LogP contribution in [0.1, 0.15) is 40.7 Å². The van der Waals surface area contributed by atoms with E-state index >= 15 is 0 Å². The molecular weight excluding hydrogens is 280 g/mol. The average molecular weight is 300 g/mol. The first-order valence-electron chi connectivity index (χ1n) is 7.52. The standard InChI is InChI=1S/C17H20N2O3/c1-10-4-6-14-12(8-10)16(19-22-14)17(20)18-13-9-11(2)5-7-15(13)21-3/h5,7,9-10H,4,6,8H2,1-3H3,(H,18,20)/t10-/m0/s1. The molecule has 0 unspecified atom stereocenters. The van der Waals surface area contributed by atoms with Crippen molar-refractivity contribution in [1.82, 2.24) is 5.16 Å². The molecule has 1 atom stereocenters. The van der Waals surface area contributed by atoms with Crippen molar-refractivity contribution in [2.24, 2.45) is 5.92 Å². The van der Waals surface area contributed by atoms with Crippen molar-refractivity contribution in [3.05, 3.63) is 40.8 Å². The lowest BCUT2D eigenvalue weighted by Gasteiger charge is -2.16. The van der Waals surface area contributed by atoms with Crippen LogP contribution in [0.25, 0.3) is 0 Å². The lowest BCUT2D eigenvalue weighted by Crippen LogP contribution is -2.18. The highest BCUT2D eigenvalue weighted by Gasteiger charge is 2.27. The molecule has 1 aromatic carbocycles. The molecule has 5 nitrogen and oxygen atoms in total. The lowest BCUT2D eigenvalue weighted by atomic mass is 9.88. The molecule has 1 aliphatic carbocycles. The number of hydrogen-bond acceptors (Lipinski definition) is 4. The van der Waals surface area contributed by atoms with Crippen molar-refractivity contribution in [2.75, 3.05) is 12.4 Å². The van der Waals surface area contributed by atoms with E-state index in [1.807, 2.05) is 25.1 Å². The van der Waals surface area contributed by atoms with E-state index in [1.54, 1.807) is 7.11 Å². The number of rotatable bonds is 3. The third kappa shape index (κ3) is 2.71. The molecule has 1 aromatic heterocycles. The molecule has 1 aliphatic rings. The fourth-order valence-electron chi connectivity index (χ4n) is 2.86. The predicted octanol–water partition coefficient (Wildman–Crippen LogP) is 3.37. The number of benzene rings is 1. The van der Waals surface area contributed by atoms with Gasteiger partial charge in [0.1, 0.15) is 11.5 Å². The van der Waals surface area contributed by atoms with Crippen molar-refractivity contribution in [2.45, 2.75) is 33.1 Å². The normalized spacial score (nSPS) is 17.0. The summed E-state index contributed by atoms with van der Waals surface area (Å²) in [5.41, 5.74) is 3.04. The summed E-state index contributed by atoms with van der Waals surface area (Å²) in [7, 11) is 1.58. The first-order chi connectivity index (χ1) is 10.6. The summed E-state index contributed by atoms with van der Waals surface area (Å²) in [5, 5.41) is 6.86. The maximum Gasteiger partial charge on any atom is 0.278 e. The number of ether oxygens (including phenoxy) is 1. The third-order valence-electron chi connectivity index (χ3n) is 4.10. The van der Waals surface area contributed by atoms with E-state index in [-0.39, 0.29) is 5.91 Å². The second-order valence-corrected chi connectivity index (χ2v) is 5.94. The summed E-state index contributed by atoms with van der Waals surface area (Å²) in [6.45, 7) is 4.15. The number of amides is 1. The van der Waals surface area contributed by atoms with E-state index in [4.69, 9.17) is 9.26 Å². The summed E-state index contributed by atoms with van der Waals surface area (Å²) >= 11 is 0. The van der Waals surface area contributed by atoms with Crippen molar-refractivity contribution >= 4 is 11.6 Å². The number of nitrogens with one attached hydrogen (secondary N) is 1. The van der Waals surface area contributed by atoms with E-state index in [0.717, 1.165) is 36.1 Å². The van der Waals surface area contributed by atoms with Gasteiger partial charge in [-0.25, -0.2) is 0 Å². The average Bonchev–Trinajstić information content (AvgIpc) is 2.90. The van der Waals surface area contributed by atoms with Crippen LogP contribution in [0.5, 0.6) is 5.75 Å². The van der Waals surface area contributed by atoms with Gasteiger partial charge in [0.25, 0.3) is 5.91 Å². The Kier molecular flexibility index (Phi) is 3.88. The van der Waals surface area contributed by atoms with Crippen LogP contribution in [0.15, 0.2) is 22.7 Å². The minimum atomic E-state index is -0.247.